The lowest BCUT2D eigenvalue weighted by molar-refractivity contribution is 0.0723. The molecule has 206 valence electrons. The second-order valence-electron chi connectivity index (χ2n) is 9.30. The lowest BCUT2D eigenvalue weighted by Gasteiger charge is -2.23. The van der Waals surface area contributed by atoms with E-state index in [1.807, 2.05) is 4.40 Å². The number of halogens is 1. The molecule has 3 N–H and O–H groups in total. The van der Waals surface area contributed by atoms with Crippen LogP contribution in [-0.4, -0.2) is 59.7 Å². The molecule has 5 heterocycles. The number of rotatable bonds is 6. The van der Waals surface area contributed by atoms with Gasteiger partial charge in [-0.1, -0.05) is 12.1 Å². The van der Waals surface area contributed by atoms with E-state index < -0.39 is 0 Å². The Bertz CT molecular complexity index is 1780. The Hall–Kier alpha value is -5.10. The number of imidazole rings is 1. The molecule has 12 nitrogen and oxygen atoms in total. The monoisotopic (exact) mass is 569 g/mol. The number of anilines is 2. The third kappa shape index (κ3) is 4.89. The quantitative estimate of drug-likeness (QED) is 0.288. The number of likely N-dealkylation sites (tertiary alicyclic amines) is 1. The van der Waals surface area contributed by atoms with Crippen LogP contribution in [0, 0.1) is 0 Å². The van der Waals surface area contributed by atoms with Crippen molar-refractivity contribution in [3.05, 3.63) is 89.6 Å². The molecule has 0 aliphatic carbocycles. The van der Waals surface area contributed by atoms with Gasteiger partial charge >= 0.3 is 0 Å². The van der Waals surface area contributed by atoms with Crippen molar-refractivity contribution < 1.29 is 14.3 Å². The average Bonchev–Trinajstić information content (AvgIpc) is 3.63. The first kappa shape index (κ1) is 26.1. The summed E-state index contributed by atoms with van der Waals surface area (Å²) in [6.07, 6.45) is 7.89. The summed E-state index contributed by atoms with van der Waals surface area (Å²) in [5.41, 5.74) is 8.69. The number of fused-ring (bicyclic) bond motifs is 1. The fourth-order valence-corrected chi connectivity index (χ4v) is 5.20. The predicted octanol–water partition coefficient (Wildman–Crippen LogP) is 4.06. The molecule has 13 heteroatoms. The van der Waals surface area contributed by atoms with Gasteiger partial charge in [-0.15, -0.1) is 0 Å². The third-order valence-corrected chi connectivity index (χ3v) is 7.08. The van der Waals surface area contributed by atoms with Crippen molar-refractivity contribution in [1.82, 2.24) is 34.2 Å². The standard InChI is InChI=1S/C28H24ClN9O3/c1-41-20-15-16(7-8-17(20)26(39)35-21-6-2-3-10-31-21)22-23-24(30)32-12-14-38(23)25(36-22)19-5-4-13-37(19)27(40)18-9-11-33-28(29)34-18/h2-3,6-12,14-15,19H,4-5,13H2,1H3,(H2,30,32)(H,31,35,39). The first-order valence-electron chi connectivity index (χ1n) is 12.8. The molecule has 1 saturated heterocycles. The van der Waals surface area contributed by atoms with Gasteiger partial charge in [0.05, 0.1) is 18.7 Å². The molecule has 41 heavy (non-hydrogen) atoms. The minimum absolute atomic E-state index is 0.00472. The molecular weight excluding hydrogens is 546 g/mol. The highest BCUT2D eigenvalue weighted by atomic mass is 35.5. The fraction of sp³-hybridized carbons (Fsp3) is 0.179. The summed E-state index contributed by atoms with van der Waals surface area (Å²) >= 11 is 5.94. The molecule has 1 unspecified atom stereocenters. The zero-order valence-electron chi connectivity index (χ0n) is 21.9. The number of nitrogens with zero attached hydrogens (tertiary/aromatic N) is 7. The smallest absolute Gasteiger partial charge is 0.273 e. The van der Waals surface area contributed by atoms with Gasteiger partial charge in [-0.05, 0) is 54.8 Å². The summed E-state index contributed by atoms with van der Waals surface area (Å²) in [5.74, 6) is 1.05. The second kappa shape index (κ2) is 10.8. The number of aromatic nitrogens is 6. The Morgan fingerprint density at radius 2 is 1.95 bits per heavy atom. The van der Waals surface area contributed by atoms with E-state index in [-0.39, 0.29) is 34.7 Å². The van der Waals surface area contributed by atoms with Crippen LogP contribution in [0.4, 0.5) is 11.6 Å². The first-order chi connectivity index (χ1) is 19.9. The number of methoxy groups -OCH3 is 1. The molecule has 1 aromatic carbocycles. The molecule has 0 bridgehead atoms. The highest BCUT2D eigenvalue weighted by Gasteiger charge is 2.35. The molecule has 1 aliphatic rings. The molecule has 6 rings (SSSR count). The van der Waals surface area contributed by atoms with Crippen LogP contribution < -0.4 is 15.8 Å². The Balaban J connectivity index is 1.39. The van der Waals surface area contributed by atoms with E-state index >= 15 is 0 Å². The number of nitrogen functional groups attached to an aromatic ring is 1. The maximum atomic E-state index is 13.4. The van der Waals surface area contributed by atoms with Crippen LogP contribution in [0.25, 0.3) is 16.8 Å². The Labute approximate surface area is 239 Å². The fourth-order valence-electron chi connectivity index (χ4n) is 5.05. The van der Waals surface area contributed by atoms with Gasteiger partial charge in [0, 0.05) is 36.9 Å². The molecule has 0 saturated carbocycles. The van der Waals surface area contributed by atoms with Crippen molar-refractivity contribution in [2.45, 2.75) is 18.9 Å². The van der Waals surface area contributed by atoms with E-state index in [1.54, 1.807) is 66.0 Å². The number of benzene rings is 1. The SMILES string of the molecule is COc1cc(-c2nc(C3CCCN3C(=O)c3ccnc(Cl)n3)n3ccnc(N)c23)ccc1C(=O)Nc1ccccn1. The van der Waals surface area contributed by atoms with E-state index in [4.69, 9.17) is 27.1 Å². The van der Waals surface area contributed by atoms with Crippen molar-refractivity contribution in [2.75, 3.05) is 24.7 Å². The maximum Gasteiger partial charge on any atom is 0.273 e. The van der Waals surface area contributed by atoms with Gasteiger partial charge < -0.3 is 20.7 Å². The molecule has 0 radical (unpaired) electrons. The van der Waals surface area contributed by atoms with E-state index in [9.17, 15) is 9.59 Å². The third-order valence-electron chi connectivity index (χ3n) is 6.89. The normalized spacial score (nSPS) is 14.8. The first-order valence-corrected chi connectivity index (χ1v) is 13.1. The molecule has 4 aromatic heterocycles. The van der Waals surface area contributed by atoms with Crippen LogP contribution in [0.3, 0.4) is 0 Å². The maximum absolute atomic E-state index is 13.4. The molecular formula is C28H24ClN9O3. The van der Waals surface area contributed by atoms with Gasteiger partial charge in [-0.2, -0.15) is 0 Å². The largest absolute Gasteiger partial charge is 0.496 e. The highest BCUT2D eigenvalue weighted by Crippen LogP contribution is 2.38. The summed E-state index contributed by atoms with van der Waals surface area (Å²) in [6, 6.07) is 11.6. The van der Waals surface area contributed by atoms with Crippen LogP contribution in [0.1, 0.15) is 45.6 Å². The lowest BCUT2D eigenvalue weighted by atomic mass is 10.1. The van der Waals surface area contributed by atoms with Crippen molar-refractivity contribution >= 4 is 40.6 Å². The van der Waals surface area contributed by atoms with Gasteiger partial charge in [0.15, 0.2) is 0 Å². The van der Waals surface area contributed by atoms with E-state index in [2.05, 4.69) is 25.3 Å². The zero-order valence-corrected chi connectivity index (χ0v) is 22.6. The minimum Gasteiger partial charge on any atom is -0.496 e. The molecule has 5 aromatic rings. The Morgan fingerprint density at radius 1 is 1.07 bits per heavy atom. The van der Waals surface area contributed by atoms with Crippen molar-refractivity contribution in [3.63, 3.8) is 0 Å². The second-order valence-corrected chi connectivity index (χ2v) is 9.64. The minimum atomic E-state index is -0.367. The van der Waals surface area contributed by atoms with E-state index in [0.717, 1.165) is 6.42 Å². The van der Waals surface area contributed by atoms with Gasteiger partial charge in [0.2, 0.25) is 5.28 Å². The number of hydrogen-bond acceptors (Lipinski definition) is 9. The molecule has 2 amide bonds. The van der Waals surface area contributed by atoms with Crippen molar-refractivity contribution in [2.24, 2.45) is 0 Å². The summed E-state index contributed by atoms with van der Waals surface area (Å²) in [6.45, 7) is 0.532. The number of ether oxygens (including phenoxy) is 1. The molecule has 1 aliphatic heterocycles. The van der Waals surface area contributed by atoms with Gasteiger partial charge in [0.25, 0.3) is 11.8 Å². The summed E-state index contributed by atoms with van der Waals surface area (Å²) in [5, 5.41) is 2.77. The summed E-state index contributed by atoms with van der Waals surface area (Å²) in [4.78, 5) is 49.5. The number of nitrogens with one attached hydrogen (secondary N) is 1. The lowest BCUT2D eigenvalue weighted by Crippen LogP contribution is -2.32. The molecule has 0 spiro atoms. The van der Waals surface area contributed by atoms with Gasteiger partial charge in [-0.3, -0.25) is 14.0 Å². The number of carbonyl (C=O) groups is 2. The van der Waals surface area contributed by atoms with E-state index in [1.165, 1.54) is 13.3 Å². The van der Waals surface area contributed by atoms with Crippen molar-refractivity contribution in [3.8, 4) is 17.0 Å². The van der Waals surface area contributed by atoms with Crippen LogP contribution in [0.15, 0.2) is 67.3 Å². The van der Waals surface area contributed by atoms with Crippen LogP contribution in [0.5, 0.6) is 5.75 Å². The Kier molecular flexibility index (Phi) is 6.89. The average molecular weight is 570 g/mol. The summed E-state index contributed by atoms with van der Waals surface area (Å²) in [7, 11) is 1.49. The number of amides is 2. The van der Waals surface area contributed by atoms with Crippen LogP contribution in [0.2, 0.25) is 5.28 Å². The van der Waals surface area contributed by atoms with Gasteiger partial charge in [-0.25, -0.2) is 24.9 Å². The number of pyridine rings is 1. The summed E-state index contributed by atoms with van der Waals surface area (Å²) < 4.78 is 7.44. The van der Waals surface area contributed by atoms with E-state index in [0.29, 0.717) is 52.7 Å². The predicted molar refractivity (Wildman–Crippen MR) is 152 cm³/mol. The number of carbonyl (C=O) groups excluding carboxylic acids is 2. The Morgan fingerprint density at radius 3 is 2.73 bits per heavy atom. The molecule has 1 fully saturated rings. The number of nitrogens with two attached hydrogens (primary N) is 1. The highest BCUT2D eigenvalue weighted by molar-refractivity contribution is 6.28. The topological polar surface area (TPSA) is 154 Å². The van der Waals surface area contributed by atoms with Crippen molar-refractivity contribution in [1.29, 1.82) is 0 Å². The number of hydrogen-bond donors (Lipinski definition) is 2. The van der Waals surface area contributed by atoms with Crippen LogP contribution >= 0.6 is 11.6 Å². The zero-order chi connectivity index (χ0) is 28.5. The van der Waals surface area contributed by atoms with Crippen LogP contribution in [-0.2, 0) is 0 Å². The van der Waals surface area contributed by atoms with Gasteiger partial charge in [0.1, 0.15) is 40.1 Å². The molecule has 1 atom stereocenters.